The molecule has 2 N–H and O–H groups in total. The highest BCUT2D eigenvalue weighted by Crippen LogP contribution is 2.39. The number of rotatable bonds is 5. The Morgan fingerprint density at radius 2 is 1.90 bits per heavy atom. The van der Waals surface area contributed by atoms with E-state index in [0.717, 1.165) is 60.7 Å². The summed E-state index contributed by atoms with van der Waals surface area (Å²) in [5.41, 5.74) is 9.06. The average molecular weight is 444 g/mol. The second-order valence-corrected chi connectivity index (χ2v) is 8.80. The molecule has 2 aliphatic heterocycles. The molecule has 0 radical (unpaired) electrons. The zero-order chi connectivity index (χ0) is 20.5. The van der Waals surface area contributed by atoms with E-state index in [4.69, 9.17) is 31.8 Å². The standard InChI is InChI=1S/C21H22ClN5O2S/c22-16-10-14-12-29-11-13-2-1-3-15(17(13)14)18(16)19-24-20(23)26-21(25-19)30-9-6-27-4-7-28-8-5-27/h1-3,10H,4-9,11-12H2,(H2,23,24,25,26). The number of morpholine rings is 1. The first-order valence-corrected chi connectivity index (χ1v) is 11.3. The van der Waals surface area contributed by atoms with Crippen molar-refractivity contribution >= 4 is 40.1 Å². The van der Waals surface area contributed by atoms with Crippen molar-refractivity contribution in [3.8, 4) is 11.4 Å². The van der Waals surface area contributed by atoms with E-state index in [1.165, 1.54) is 5.39 Å². The van der Waals surface area contributed by atoms with Gasteiger partial charge < -0.3 is 15.2 Å². The molecule has 0 saturated carbocycles. The van der Waals surface area contributed by atoms with Crippen LogP contribution in [0.4, 0.5) is 5.95 Å². The zero-order valence-corrected chi connectivity index (χ0v) is 18.0. The van der Waals surface area contributed by atoms with Crippen LogP contribution < -0.4 is 5.73 Å². The molecule has 30 heavy (non-hydrogen) atoms. The molecule has 7 nitrogen and oxygen atoms in total. The summed E-state index contributed by atoms with van der Waals surface area (Å²) in [4.78, 5) is 15.8. The van der Waals surface area contributed by atoms with E-state index in [0.29, 0.717) is 29.2 Å². The van der Waals surface area contributed by atoms with Gasteiger partial charge in [0.15, 0.2) is 11.0 Å². The molecule has 5 rings (SSSR count). The number of aromatic nitrogens is 3. The first-order chi connectivity index (χ1) is 14.7. The molecule has 3 heterocycles. The van der Waals surface area contributed by atoms with Crippen molar-refractivity contribution in [1.82, 2.24) is 19.9 Å². The van der Waals surface area contributed by atoms with Gasteiger partial charge in [-0.2, -0.15) is 9.97 Å². The first-order valence-electron chi connectivity index (χ1n) is 9.94. The number of halogens is 1. The van der Waals surface area contributed by atoms with Crippen molar-refractivity contribution in [1.29, 1.82) is 0 Å². The van der Waals surface area contributed by atoms with Gasteiger partial charge in [-0.05, 0) is 28.0 Å². The molecule has 1 saturated heterocycles. The van der Waals surface area contributed by atoms with Gasteiger partial charge >= 0.3 is 0 Å². The second kappa shape index (κ2) is 8.64. The van der Waals surface area contributed by atoms with Crippen LogP contribution in [0.25, 0.3) is 22.2 Å². The van der Waals surface area contributed by atoms with Crippen LogP contribution in [-0.4, -0.2) is 58.5 Å². The molecule has 1 fully saturated rings. The second-order valence-electron chi connectivity index (χ2n) is 7.33. The van der Waals surface area contributed by atoms with Gasteiger partial charge in [-0.1, -0.05) is 41.6 Å². The Balaban J connectivity index is 1.47. The maximum Gasteiger partial charge on any atom is 0.224 e. The van der Waals surface area contributed by atoms with Crippen LogP contribution in [0.3, 0.4) is 0 Å². The number of nitrogens with two attached hydrogens (primary N) is 1. The number of benzene rings is 2. The number of thioether (sulfide) groups is 1. The van der Waals surface area contributed by atoms with Crippen LogP contribution >= 0.6 is 23.4 Å². The highest BCUT2D eigenvalue weighted by molar-refractivity contribution is 7.99. The van der Waals surface area contributed by atoms with Crippen molar-refractivity contribution in [2.75, 3.05) is 44.3 Å². The van der Waals surface area contributed by atoms with Gasteiger partial charge in [0, 0.05) is 31.0 Å². The molecule has 1 aromatic heterocycles. The van der Waals surface area contributed by atoms with Crippen molar-refractivity contribution < 1.29 is 9.47 Å². The van der Waals surface area contributed by atoms with Gasteiger partial charge in [0.2, 0.25) is 5.95 Å². The van der Waals surface area contributed by atoms with Crippen LogP contribution in [-0.2, 0) is 22.7 Å². The van der Waals surface area contributed by atoms with Crippen LogP contribution in [0.2, 0.25) is 5.02 Å². The van der Waals surface area contributed by atoms with Gasteiger partial charge in [-0.15, -0.1) is 0 Å². The Morgan fingerprint density at radius 3 is 2.77 bits per heavy atom. The zero-order valence-electron chi connectivity index (χ0n) is 16.4. The molecule has 0 unspecified atom stereocenters. The summed E-state index contributed by atoms with van der Waals surface area (Å²) >= 11 is 8.27. The predicted molar refractivity (Wildman–Crippen MR) is 119 cm³/mol. The molecule has 9 heteroatoms. The summed E-state index contributed by atoms with van der Waals surface area (Å²) in [6, 6.07) is 8.10. The molecule has 2 aliphatic rings. The molecule has 0 spiro atoms. The molecule has 0 bridgehead atoms. The van der Waals surface area contributed by atoms with Crippen molar-refractivity contribution in [2.24, 2.45) is 0 Å². The lowest BCUT2D eigenvalue weighted by atomic mass is 9.94. The average Bonchev–Trinajstić information content (AvgIpc) is 2.74. The Hall–Kier alpha value is -1.97. The topological polar surface area (TPSA) is 86.4 Å². The molecule has 0 amide bonds. The fourth-order valence-electron chi connectivity index (χ4n) is 3.99. The normalized spacial score (nSPS) is 16.8. The van der Waals surface area contributed by atoms with E-state index in [2.05, 4.69) is 27.0 Å². The Bertz CT molecular complexity index is 1090. The van der Waals surface area contributed by atoms with Crippen LogP contribution in [0.5, 0.6) is 0 Å². The summed E-state index contributed by atoms with van der Waals surface area (Å²) < 4.78 is 11.1. The van der Waals surface area contributed by atoms with Crippen molar-refractivity contribution in [2.45, 2.75) is 18.4 Å². The third kappa shape index (κ3) is 3.98. The molecule has 0 atom stereocenters. The summed E-state index contributed by atoms with van der Waals surface area (Å²) in [5.74, 6) is 1.59. The number of ether oxygens (including phenoxy) is 2. The molecular weight excluding hydrogens is 422 g/mol. The third-order valence-corrected chi connectivity index (χ3v) is 6.52. The van der Waals surface area contributed by atoms with Gasteiger partial charge in [-0.25, -0.2) is 4.98 Å². The first kappa shape index (κ1) is 20.0. The number of hydrogen-bond donors (Lipinski definition) is 1. The van der Waals surface area contributed by atoms with E-state index in [1.54, 1.807) is 11.8 Å². The Labute approximate surface area is 183 Å². The molecule has 3 aromatic rings. The van der Waals surface area contributed by atoms with E-state index >= 15 is 0 Å². The lowest BCUT2D eigenvalue weighted by molar-refractivity contribution is 0.0410. The van der Waals surface area contributed by atoms with Gasteiger partial charge in [0.25, 0.3) is 0 Å². The third-order valence-electron chi connectivity index (χ3n) is 5.39. The predicted octanol–water partition coefficient (Wildman–Crippen LogP) is 3.38. The minimum atomic E-state index is 0.203. The van der Waals surface area contributed by atoms with Gasteiger partial charge in [0.1, 0.15) is 0 Å². The number of nitrogens with zero attached hydrogens (tertiary/aromatic N) is 4. The lowest BCUT2D eigenvalue weighted by Gasteiger charge is -2.26. The van der Waals surface area contributed by atoms with Gasteiger partial charge in [0.05, 0.1) is 31.5 Å². The maximum absolute atomic E-state index is 6.69. The maximum atomic E-state index is 6.69. The van der Waals surface area contributed by atoms with E-state index in [-0.39, 0.29) is 5.95 Å². The summed E-state index contributed by atoms with van der Waals surface area (Å²) in [5, 5.41) is 3.40. The fraction of sp³-hybridized carbons (Fsp3) is 0.381. The summed E-state index contributed by atoms with van der Waals surface area (Å²) in [6.45, 7) is 5.61. The molecule has 2 aromatic carbocycles. The molecular formula is C21H22ClN5O2S. The van der Waals surface area contributed by atoms with Gasteiger partial charge in [-0.3, -0.25) is 4.90 Å². The molecule has 156 valence electrons. The summed E-state index contributed by atoms with van der Waals surface area (Å²) in [7, 11) is 0. The van der Waals surface area contributed by atoms with Crippen LogP contribution in [0.1, 0.15) is 11.1 Å². The van der Waals surface area contributed by atoms with Crippen LogP contribution in [0.15, 0.2) is 29.4 Å². The Kier molecular flexibility index (Phi) is 5.75. The highest BCUT2D eigenvalue weighted by Gasteiger charge is 2.21. The number of hydrogen-bond acceptors (Lipinski definition) is 8. The van der Waals surface area contributed by atoms with E-state index in [1.807, 2.05) is 12.1 Å². The Morgan fingerprint density at radius 1 is 1.07 bits per heavy atom. The lowest BCUT2D eigenvalue weighted by Crippen LogP contribution is -2.37. The monoisotopic (exact) mass is 443 g/mol. The van der Waals surface area contributed by atoms with E-state index in [9.17, 15) is 0 Å². The van der Waals surface area contributed by atoms with Crippen LogP contribution in [0, 0.1) is 0 Å². The largest absolute Gasteiger partial charge is 0.379 e. The minimum absolute atomic E-state index is 0.203. The van der Waals surface area contributed by atoms with Crippen molar-refractivity contribution in [3.63, 3.8) is 0 Å². The summed E-state index contributed by atoms with van der Waals surface area (Å²) in [6.07, 6.45) is 0. The number of nitrogen functional groups attached to an aromatic ring is 1. The minimum Gasteiger partial charge on any atom is -0.379 e. The smallest absolute Gasteiger partial charge is 0.224 e. The highest BCUT2D eigenvalue weighted by atomic mass is 35.5. The van der Waals surface area contributed by atoms with E-state index < -0.39 is 0 Å². The number of anilines is 1. The SMILES string of the molecule is Nc1nc(SCCN2CCOCC2)nc(-c2c(Cl)cc3c4c(cccc24)COC3)n1. The fourth-order valence-corrected chi connectivity index (χ4v) is 5.14. The quantitative estimate of drug-likeness (QED) is 0.600. The van der Waals surface area contributed by atoms with Crippen molar-refractivity contribution in [3.05, 3.63) is 40.4 Å². The molecule has 0 aliphatic carbocycles.